The molecular weight excluding hydrogens is 515 g/mol. The molecule has 1 aliphatic heterocycles. The van der Waals surface area contributed by atoms with E-state index in [-0.39, 0.29) is 10.9 Å². The highest BCUT2D eigenvalue weighted by Crippen LogP contribution is 2.53. The summed E-state index contributed by atoms with van der Waals surface area (Å²) in [5.74, 6) is -0.760. The maximum atomic E-state index is 12.5. The highest BCUT2D eigenvalue weighted by atomic mass is 35.5. The molecule has 0 saturated heterocycles. The van der Waals surface area contributed by atoms with Crippen LogP contribution in [0.25, 0.3) is 27.5 Å². The van der Waals surface area contributed by atoms with E-state index in [1.165, 1.54) is 16.0 Å². The van der Waals surface area contributed by atoms with Crippen LogP contribution < -0.4 is 4.74 Å². The number of thiazole rings is 1. The number of hydrogen-bond acceptors (Lipinski definition) is 7. The van der Waals surface area contributed by atoms with Gasteiger partial charge in [-0.15, -0.1) is 11.8 Å². The highest BCUT2D eigenvalue weighted by Gasteiger charge is 2.31. The molecular formula is C23H18Cl2N4O3S2. The molecule has 1 aromatic carbocycles. The van der Waals surface area contributed by atoms with Crippen LogP contribution >= 0.6 is 46.3 Å². The molecule has 1 N–H and O–H groups in total. The van der Waals surface area contributed by atoms with E-state index < -0.39 is 5.97 Å². The molecule has 0 bridgehead atoms. The lowest BCUT2D eigenvalue weighted by molar-refractivity contribution is 0.0688. The number of hydrogen-bond donors (Lipinski definition) is 1. The summed E-state index contributed by atoms with van der Waals surface area (Å²) in [4.78, 5) is 21.5. The van der Waals surface area contributed by atoms with Gasteiger partial charge < -0.3 is 9.84 Å². The Morgan fingerprint density at radius 1 is 1.26 bits per heavy atom. The van der Waals surface area contributed by atoms with Gasteiger partial charge in [0.1, 0.15) is 0 Å². The van der Waals surface area contributed by atoms with Crippen LogP contribution in [-0.2, 0) is 0 Å². The molecule has 5 rings (SSSR count). The number of carboxylic acid groups (broad SMARTS) is 1. The van der Waals surface area contributed by atoms with Crippen molar-refractivity contribution in [2.45, 2.75) is 30.2 Å². The summed E-state index contributed by atoms with van der Waals surface area (Å²) in [7, 11) is 0. The zero-order valence-corrected chi connectivity index (χ0v) is 21.4. The Bertz CT molecular complexity index is 1450. The van der Waals surface area contributed by atoms with Gasteiger partial charge in [0, 0.05) is 28.1 Å². The number of rotatable bonds is 5. The van der Waals surface area contributed by atoms with Crippen molar-refractivity contribution in [2.75, 3.05) is 6.61 Å². The van der Waals surface area contributed by atoms with Gasteiger partial charge in [-0.25, -0.2) is 14.8 Å². The largest absolute Gasteiger partial charge is 0.478 e. The van der Waals surface area contributed by atoms with Gasteiger partial charge in [-0.3, -0.25) is 0 Å². The number of aromatic carboxylic acids is 1. The van der Waals surface area contributed by atoms with Gasteiger partial charge in [-0.2, -0.15) is 9.78 Å². The summed E-state index contributed by atoms with van der Waals surface area (Å²) >= 11 is 15.6. The third-order valence-corrected chi connectivity index (χ3v) is 8.52. The molecule has 0 aliphatic carbocycles. The molecule has 0 fully saturated rings. The van der Waals surface area contributed by atoms with E-state index in [0.717, 1.165) is 21.0 Å². The SMILES string of the molecule is CCOc1ncccc1-c1c(C)nn(-c2nc3c(s2)SC(C)c2cc(Cl)c(Cl)cc2-3)c1C(=O)O. The monoisotopic (exact) mass is 532 g/mol. The Hall–Kier alpha value is -2.59. The Labute approximate surface area is 213 Å². The van der Waals surface area contributed by atoms with Crippen LogP contribution in [0.1, 0.15) is 40.8 Å². The average molecular weight is 533 g/mol. The van der Waals surface area contributed by atoms with Crippen molar-refractivity contribution in [3.05, 3.63) is 57.5 Å². The summed E-state index contributed by atoms with van der Waals surface area (Å²) in [5.41, 5.74) is 4.25. The molecule has 0 radical (unpaired) electrons. The number of thioether (sulfide) groups is 1. The predicted molar refractivity (Wildman–Crippen MR) is 135 cm³/mol. The molecule has 4 aromatic rings. The molecule has 4 heterocycles. The second-order valence-electron chi connectivity index (χ2n) is 7.56. The fraction of sp³-hybridized carbons (Fsp3) is 0.217. The molecule has 0 amide bonds. The van der Waals surface area contributed by atoms with Crippen molar-refractivity contribution in [2.24, 2.45) is 0 Å². The number of aryl methyl sites for hydroxylation is 1. The summed E-state index contributed by atoms with van der Waals surface area (Å²) in [6.07, 6.45) is 1.61. The number of halogens is 2. The number of carbonyl (C=O) groups is 1. The second-order valence-corrected chi connectivity index (χ2v) is 11.0. The number of pyridine rings is 1. The van der Waals surface area contributed by atoms with Gasteiger partial charge in [0.15, 0.2) is 5.69 Å². The van der Waals surface area contributed by atoms with Gasteiger partial charge in [-0.05, 0) is 50.6 Å². The van der Waals surface area contributed by atoms with Crippen LogP contribution in [0.15, 0.2) is 34.7 Å². The fourth-order valence-electron chi connectivity index (χ4n) is 3.98. The van der Waals surface area contributed by atoms with Crippen LogP contribution in [0.4, 0.5) is 0 Å². The minimum Gasteiger partial charge on any atom is -0.478 e. The summed E-state index contributed by atoms with van der Waals surface area (Å²) < 4.78 is 8.01. The first-order chi connectivity index (χ1) is 16.3. The van der Waals surface area contributed by atoms with Crippen LogP contribution in [0.2, 0.25) is 10.0 Å². The van der Waals surface area contributed by atoms with Crippen LogP contribution in [0, 0.1) is 6.92 Å². The van der Waals surface area contributed by atoms with E-state index in [2.05, 4.69) is 17.0 Å². The number of nitrogens with zero attached hydrogens (tertiary/aromatic N) is 4. The number of carboxylic acids is 1. The Morgan fingerprint density at radius 3 is 2.76 bits per heavy atom. The topological polar surface area (TPSA) is 90.1 Å². The van der Waals surface area contributed by atoms with Crippen molar-refractivity contribution >= 4 is 52.3 Å². The minimum atomic E-state index is -1.12. The van der Waals surface area contributed by atoms with Crippen molar-refractivity contribution in [3.8, 4) is 33.4 Å². The third-order valence-electron chi connectivity index (χ3n) is 5.42. The normalized spacial score (nSPS) is 14.6. The molecule has 174 valence electrons. The van der Waals surface area contributed by atoms with Crippen LogP contribution in [0.3, 0.4) is 0 Å². The third kappa shape index (κ3) is 3.76. The lowest BCUT2D eigenvalue weighted by Gasteiger charge is -2.21. The van der Waals surface area contributed by atoms with Crippen LogP contribution in [0.5, 0.6) is 5.88 Å². The van der Waals surface area contributed by atoms with E-state index in [4.69, 9.17) is 32.9 Å². The molecule has 1 unspecified atom stereocenters. The van der Waals surface area contributed by atoms with Crippen molar-refractivity contribution in [1.82, 2.24) is 19.7 Å². The van der Waals surface area contributed by atoms with Crippen molar-refractivity contribution in [3.63, 3.8) is 0 Å². The molecule has 11 heteroatoms. The van der Waals surface area contributed by atoms with Gasteiger partial charge >= 0.3 is 5.97 Å². The van der Waals surface area contributed by atoms with Gasteiger partial charge in [0.05, 0.1) is 32.2 Å². The van der Waals surface area contributed by atoms with E-state index >= 15 is 0 Å². The molecule has 0 spiro atoms. The lowest BCUT2D eigenvalue weighted by atomic mass is 10.0. The number of aromatic nitrogens is 4. The molecule has 34 heavy (non-hydrogen) atoms. The smallest absolute Gasteiger partial charge is 0.355 e. The zero-order chi connectivity index (χ0) is 24.1. The molecule has 1 aliphatic rings. The van der Waals surface area contributed by atoms with Gasteiger partial charge in [-0.1, -0.05) is 34.5 Å². The van der Waals surface area contributed by atoms with E-state index in [0.29, 0.717) is 44.5 Å². The first-order valence-corrected chi connectivity index (χ1v) is 12.8. The second kappa shape index (κ2) is 8.88. The number of fused-ring (bicyclic) bond motifs is 3. The van der Waals surface area contributed by atoms with E-state index in [9.17, 15) is 9.90 Å². The first-order valence-electron chi connectivity index (χ1n) is 10.4. The summed E-state index contributed by atoms with van der Waals surface area (Å²) in [5, 5.41) is 16.3. The molecule has 0 saturated carbocycles. The van der Waals surface area contributed by atoms with E-state index in [1.807, 2.05) is 19.1 Å². The molecule has 3 aromatic heterocycles. The Morgan fingerprint density at radius 2 is 2.03 bits per heavy atom. The minimum absolute atomic E-state index is 0.00459. The fourth-order valence-corrected chi connectivity index (χ4v) is 6.85. The molecule has 1 atom stereocenters. The number of benzene rings is 1. The maximum Gasteiger partial charge on any atom is 0.355 e. The van der Waals surface area contributed by atoms with Gasteiger partial charge in [0.25, 0.3) is 0 Å². The lowest BCUT2D eigenvalue weighted by Crippen LogP contribution is -2.09. The van der Waals surface area contributed by atoms with Crippen LogP contribution in [-0.4, -0.2) is 37.4 Å². The zero-order valence-electron chi connectivity index (χ0n) is 18.3. The highest BCUT2D eigenvalue weighted by molar-refractivity contribution is 8.01. The van der Waals surface area contributed by atoms with Gasteiger partial charge in [0.2, 0.25) is 11.0 Å². The standard InChI is InChI=1S/C23H18Cl2N4O3S2/c1-4-32-20-12(6-5-7-26-20)17-10(2)28-29(19(17)21(30)31)23-27-18-14-9-16(25)15(24)8-13(14)11(3)33-22(18)34-23/h5-9,11H,4H2,1-3H3,(H,30,31). The maximum absolute atomic E-state index is 12.5. The predicted octanol–water partition coefficient (Wildman–Crippen LogP) is 6.94. The van der Waals surface area contributed by atoms with E-state index in [1.54, 1.807) is 37.0 Å². The Balaban J connectivity index is 1.70. The van der Waals surface area contributed by atoms with Crippen molar-refractivity contribution in [1.29, 1.82) is 0 Å². The first kappa shape index (κ1) is 23.2. The average Bonchev–Trinajstić information content (AvgIpc) is 3.37. The van der Waals surface area contributed by atoms with Crippen molar-refractivity contribution < 1.29 is 14.6 Å². The molecule has 7 nitrogen and oxygen atoms in total. The quantitative estimate of drug-likeness (QED) is 0.297. The summed E-state index contributed by atoms with van der Waals surface area (Å²) in [6, 6.07) is 7.21. The number of ether oxygens (including phenoxy) is 1. The Kier molecular flexibility index (Phi) is 6.05. The summed E-state index contributed by atoms with van der Waals surface area (Å²) in [6.45, 7) is 6.11.